The van der Waals surface area contributed by atoms with E-state index in [1.165, 1.54) is 16.2 Å². The first-order valence-electron chi connectivity index (χ1n) is 7.36. The highest BCUT2D eigenvalue weighted by molar-refractivity contribution is 7.13. The minimum atomic E-state index is -0.537. The molecule has 0 saturated heterocycles. The molecule has 1 atom stereocenters. The number of thiazole rings is 1. The molecule has 7 heteroatoms. The summed E-state index contributed by atoms with van der Waals surface area (Å²) in [5.74, 6) is -0.613. The van der Waals surface area contributed by atoms with Crippen LogP contribution in [0, 0.1) is 0 Å². The third kappa shape index (κ3) is 2.13. The third-order valence-electron chi connectivity index (χ3n) is 3.97. The van der Waals surface area contributed by atoms with Crippen molar-refractivity contribution >= 4 is 23.2 Å². The van der Waals surface area contributed by atoms with E-state index >= 15 is 0 Å². The molecule has 1 aliphatic heterocycles. The second-order valence-electron chi connectivity index (χ2n) is 5.33. The van der Waals surface area contributed by atoms with Crippen LogP contribution in [0.5, 0.6) is 0 Å². The molecular formula is C17H12N4O2S. The Morgan fingerprint density at radius 3 is 2.25 bits per heavy atom. The van der Waals surface area contributed by atoms with E-state index in [-0.39, 0.29) is 11.8 Å². The Morgan fingerprint density at radius 1 is 0.958 bits per heavy atom. The predicted octanol–water partition coefficient (Wildman–Crippen LogP) is 2.96. The molecule has 0 radical (unpaired) electrons. The molecule has 4 rings (SSSR count). The van der Waals surface area contributed by atoms with E-state index in [0.717, 1.165) is 0 Å². The minimum absolute atomic E-state index is 0.307. The quantitative estimate of drug-likeness (QED) is 0.687. The fourth-order valence-corrected chi connectivity index (χ4v) is 3.48. The number of fused-ring (bicyclic) bond motifs is 1. The third-order valence-corrected chi connectivity index (χ3v) is 4.75. The van der Waals surface area contributed by atoms with Crippen LogP contribution in [0.4, 0.5) is 0 Å². The van der Waals surface area contributed by atoms with Crippen molar-refractivity contribution in [2.45, 2.75) is 13.0 Å². The summed E-state index contributed by atoms with van der Waals surface area (Å²) >= 11 is 1.44. The molecule has 0 saturated carbocycles. The van der Waals surface area contributed by atoms with Crippen LogP contribution in [0.15, 0.2) is 48.2 Å². The normalized spacial score (nSPS) is 14.8. The van der Waals surface area contributed by atoms with Crippen LogP contribution >= 0.6 is 11.3 Å². The zero-order valence-electron chi connectivity index (χ0n) is 12.7. The summed E-state index contributed by atoms with van der Waals surface area (Å²) in [7, 11) is 0. The average molecular weight is 336 g/mol. The Hall–Kier alpha value is -2.93. The first-order chi connectivity index (χ1) is 11.7. The number of amides is 2. The molecule has 0 aliphatic carbocycles. The number of hydrogen-bond donors (Lipinski definition) is 0. The number of nitrogens with zero attached hydrogens (tertiary/aromatic N) is 4. The van der Waals surface area contributed by atoms with Gasteiger partial charge in [0.15, 0.2) is 0 Å². The number of aromatic nitrogens is 3. The topological polar surface area (TPSA) is 76.1 Å². The van der Waals surface area contributed by atoms with E-state index < -0.39 is 6.04 Å². The van der Waals surface area contributed by atoms with Crippen molar-refractivity contribution in [3.63, 3.8) is 0 Å². The SMILES string of the molecule is CC(c1nccnc1-c1nccs1)N1C(=O)c2ccccc2C1=O. The van der Waals surface area contributed by atoms with Gasteiger partial charge in [-0.25, -0.2) is 4.98 Å². The monoisotopic (exact) mass is 336 g/mol. The molecule has 3 aromatic rings. The van der Waals surface area contributed by atoms with Gasteiger partial charge in [0.05, 0.1) is 22.9 Å². The van der Waals surface area contributed by atoms with Crippen molar-refractivity contribution in [1.82, 2.24) is 19.9 Å². The summed E-state index contributed by atoms with van der Waals surface area (Å²) in [6.45, 7) is 1.78. The number of imide groups is 1. The highest BCUT2D eigenvalue weighted by Gasteiger charge is 2.40. The van der Waals surface area contributed by atoms with Crippen LogP contribution in [0.1, 0.15) is 39.4 Å². The van der Waals surface area contributed by atoms with Crippen LogP contribution < -0.4 is 0 Å². The predicted molar refractivity (Wildman–Crippen MR) is 88.5 cm³/mol. The van der Waals surface area contributed by atoms with Gasteiger partial charge in [-0.2, -0.15) is 0 Å². The molecular weight excluding hydrogens is 324 g/mol. The molecule has 0 N–H and O–H groups in total. The van der Waals surface area contributed by atoms with Gasteiger partial charge in [-0.05, 0) is 19.1 Å². The molecule has 2 amide bonds. The lowest BCUT2D eigenvalue weighted by Crippen LogP contribution is -2.33. The zero-order valence-corrected chi connectivity index (χ0v) is 13.5. The van der Waals surface area contributed by atoms with E-state index in [9.17, 15) is 9.59 Å². The number of carbonyl (C=O) groups excluding carboxylic acids is 2. The van der Waals surface area contributed by atoms with Crippen LogP contribution in [0.25, 0.3) is 10.7 Å². The van der Waals surface area contributed by atoms with Gasteiger partial charge in [0, 0.05) is 24.0 Å². The van der Waals surface area contributed by atoms with Crippen LogP contribution in [-0.2, 0) is 0 Å². The van der Waals surface area contributed by atoms with Crippen LogP contribution in [0.2, 0.25) is 0 Å². The molecule has 0 bridgehead atoms. The minimum Gasteiger partial charge on any atom is -0.269 e. The fourth-order valence-electron chi connectivity index (χ4n) is 2.84. The van der Waals surface area contributed by atoms with Crippen molar-refractivity contribution in [2.75, 3.05) is 0 Å². The summed E-state index contributed by atoms with van der Waals surface area (Å²) in [6.07, 6.45) is 4.82. The summed E-state index contributed by atoms with van der Waals surface area (Å²) in [5, 5.41) is 2.56. The average Bonchev–Trinajstić information content (AvgIpc) is 3.23. The summed E-state index contributed by atoms with van der Waals surface area (Å²) in [5.41, 5.74) is 2.00. The summed E-state index contributed by atoms with van der Waals surface area (Å²) in [6, 6.07) is 6.30. The van der Waals surface area contributed by atoms with Crippen molar-refractivity contribution in [3.05, 3.63) is 65.1 Å². The van der Waals surface area contributed by atoms with E-state index in [4.69, 9.17) is 0 Å². The lowest BCUT2D eigenvalue weighted by atomic mass is 10.1. The highest BCUT2D eigenvalue weighted by atomic mass is 32.1. The lowest BCUT2D eigenvalue weighted by molar-refractivity contribution is 0.0592. The Kier molecular flexibility index (Phi) is 3.42. The van der Waals surface area contributed by atoms with Gasteiger partial charge in [-0.3, -0.25) is 24.5 Å². The van der Waals surface area contributed by atoms with Gasteiger partial charge in [0.1, 0.15) is 10.7 Å². The van der Waals surface area contributed by atoms with Crippen molar-refractivity contribution in [3.8, 4) is 10.7 Å². The molecule has 6 nitrogen and oxygen atoms in total. The number of carbonyl (C=O) groups is 2. The summed E-state index contributed by atoms with van der Waals surface area (Å²) < 4.78 is 0. The molecule has 2 aromatic heterocycles. The Morgan fingerprint density at radius 2 is 1.62 bits per heavy atom. The molecule has 1 aromatic carbocycles. The maximum absolute atomic E-state index is 12.7. The Bertz CT molecular complexity index is 904. The van der Waals surface area contributed by atoms with Crippen molar-refractivity contribution in [2.24, 2.45) is 0 Å². The molecule has 1 unspecified atom stereocenters. The summed E-state index contributed by atoms with van der Waals surface area (Å²) in [4.78, 5) is 39.5. The fraction of sp³-hybridized carbons (Fsp3) is 0.118. The number of hydrogen-bond acceptors (Lipinski definition) is 6. The number of rotatable bonds is 3. The Labute approximate surface area is 141 Å². The number of benzene rings is 1. The van der Waals surface area contributed by atoms with E-state index in [2.05, 4.69) is 15.0 Å². The van der Waals surface area contributed by atoms with Gasteiger partial charge in [0.2, 0.25) is 0 Å². The second kappa shape index (κ2) is 5.61. The highest BCUT2D eigenvalue weighted by Crippen LogP contribution is 2.34. The van der Waals surface area contributed by atoms with Gasteiger partial charge in [0.25, 0.3) is 11.8 Å². The van der Waals surface area contributed by atoms with Crippen LogP contribution in [-0.4, -0.2) is 31.7 Å². The first-order valence-corrected chi connectivity index (χ1v) is 8.24. The van der Waals surface area contributed by atoms with Gasteiger partial charge >= 0.3 is 0 Å². The smallest absolute Gasteiger partial charge is 0.262 e. The van der Waals surface area contributed by atoms with Crippen molar-refractivity contribution in [1.29, 1.82) is 0 Å². The van der Waals surface area contributed by atoms with E-state index in [0.29, 0.717) is 27.5 Å². The van der Waals surface area contributed by atoms with Gasteiger partial charge < -0.3 is 0 Å². The first kappa shape index (κ1) is 14.6. The van der Waals surface area contributed by atoms with Crippen LogP contribution in [0.3, 0.4) is 0 Å². The van der Waals surface area contributed by atoms with E-state index in [1.54, 1.807) is 49.8 Å². The largest absolute Gasteiger partial charge is 0.269 e. The second-order valence-corrected chi connectivity index (χ2v) is 6.22. The molecule has 3 heterocycles. The molecule has 0 spiro atoms. The van der Waals surface area contributed by atoms with Gasteiger partial charge in [-0.1, -0.05) is 12.1 Å². The van der Waals surface area contributed by atoms with Gasteiger partial charge in [-0.15, -0.1) is 11.3 Å². The maximum atomic E-state index is 12.7. The molecule has 24 heavy (non-hydrogen) atoms. The molecule has 118 valence electrons. The standard InChI is InChI=1S/C17H12N4O2S/c1-10(13-14(19-7-6-18-13)15-20-8-9-24-15)21-16(22)11-4-2-3-5-12(11)17(21)23/h2-10H,1H3. The lowest BCUT2D eigenvalue weighted by Gasteiger charge is -2.23. The van der Waals surface area contributed by atoms with Crippen molar-refractivity contribution < 1.29 is 9.59 Å². The van der Waals surface area contributed by atoms with E-state index in [1.807, 2.05) is 5.38 Å². The molecule has 1 aliphatic rings. The maximum Gasteiger partial charge on any atom is 0.262 e. The Balaban J connectivity index is 1.78. The molecule has 0 fully saturated rings. The zero-order chi connectivity index (χ0) is 16.7.